The van der Waals surface area contributed by atoms with Crippen LogP contribution in [0.4, 0.5) is 0 Å². The number of nitrogens with zero attached hydrogens (tertiary/aromatic N) is 3. The molecule has 0 fully saturated rings. The van der Waals surface area contributed by atoms with Gasteiger partial charge in [-0.15, -0.1) is 0 Å². The Kier molecular flexibility index (Phi) is 7.72. The van der Waals surface area contributed by atoms with Gasteiger partial charge in [-0.2, -0.15) is 0 Å². The molecule has 48 heavy (non-hydrogen) atoms. The van der Waals surface area contributed by atoms with E-state index in [0.29, 0.717) is 0 Å². The third-order valence-electron chi connectivity index (χ3n) is 9.27. The van der Waals surface area contributed by atoms with E-state index >= 15 is 0 Å². The number of allylic oxidation sites excluding steroid dienone is 1. The van der Waals surface area contributed by atoms with Crippen molar-refractivity contribution in [3.63, 3.8) is 0 Å². The minimum absolute atomic E-state index is 0.113. The maximum absolute atomic E-state index is 5.21. The molecule has 0 spiro atoms. The lowest BCUT2D eigenvalue weighted by atomic mass is 9.99. The zero-order chi connectivity index (χ0) is 32.5. The molecule has 6 aromatic carbocycles. The monoisotopic (exact) mass is 617 g/mol. The molecule has 1 unspecified atom stereocenters. The fourth-order valence-electron chi connectivity index (χ4n) is 6.81. The number of hydrogen-bond donors (Lipinski definition) is 0. The van der Waals surface area contributed by atoms with Crippen LogP contribution >= 0.6 is 0 Å². The molecule has 0 amide bonds. The number of rotatable bonds is 8. The predicted octanol–water partition coefficient (Wildman–Crippen LogP) is 11.9. The summed E-state index contributed by atoms with van der Waals surface area (Å²) in [5, 5.41) is 2.40. The van der Waals surface area contributed by atoms with Crippen LogP contribution in [0.5, 0.6) is 0 Å². The van der Waals surface area contributed by atoms with Gasteiger partial charge in [0.1, 0.15) is 5.82 Å². The molecule has 0 radical (unpaired) electrons. The smallest absolute Gasteiger partial charge is 0.138 e. The molecular weight excluding hydrogens is 583 g/mol. The summed E-state index contributed by atoms with van der Waals surface area (Å²) < 4.78 is 2.34. The van der Waals surface area contributed by atoms with Crippen LogP contribution in [0.15, 0.2) is 170 Å². The normalized spacial score (nSPS) is 11.9. The second-order valence-electron chi connectivity index (χ2n) is 12.2. The van der Waals surface area contributed by atoms with Crippen LogP contribution in [0, 0.1) is 0 Å². The minimum atomic E-state index is -0.113. The minimum Gasteiger partial charge on any atom is -0.313 e. The molecule has 230 valence electrons. The van der Waals surface area contributed by atoms with Crippen LogP contribution in [0.25, 0.3) is 72.3 Å². The highest BCUT2D eigenvalue weighted by atomic mass is 15.0. The first-order valence-corrected chi connectivity index (χ1v) is 16.6. The summed E-state index contributed by atoms with van der Waals surface area (Å²) in [6.07, 6.45) is 0.802. The molecule has 0 aliphatic carbocycles. The number of benzene rings is 6. The fourth-order valence-corrected chi connectivity index (χ4v) is 6.81. The Morgan fingerprint density at radius 1 is 0.500 bits per heavy atom. The van der Waals surface area contributed by atoms with E-state index in [-0.39, 0.29) is 5.92 Å². The fraction of sp³-hybridized carbons (Fsp3) is 0.0667. The third kappa shape index (κ3) is 5.40. The van der Waals surface area contributed by atoms with Gasteiger partial charge in [0.15, 0.2) is 0 Å². The zero-order valence-electron chi connectivity index (χ0n) is 26.9. The zero-order valence-corrected chi connectivity index (χ0v) is 26.9. The highest BCUT2D eigenvalue weighted by molar-refractivity contribution is 6.12. The highest BCUT2D eigenvalue weighted by Gasteiger charge is 2.24. The quantitative estimate of drug-likeness (QED) is 0.170. The summed E-state index contributed by atoms with van der Waals surface area (Å²) in [4.78, 5) is 10.4. The number of aromatic nitrogens is 3. The lowest BCUT2D eigenvalue weighted by Crippen LogP contribution is -2.11. The Balaban J connectivity index is 1.32. The third-order valence-corrected chi connectivity index (χ3v) is 9.27. The Hall–Kier alpha value is -6.06. The maximum Gasteiger partial charge on any atom is 0.138 e. The number of hydrogen-bond acceptors (Lipinski definition) is 2. The van der Waals surface area contributed by atoms with Crippen molar-refractivity contribution < 1.29 is 0 Å². The van der Waals surface area contributed by atoms with Gasteiger partial charge in [0.25, 0.3) is 0 Å². The van der Waals surface area contributed by atoms with Gasteiger partial charge in [-0.3, -0.25) is 0 Å². The molecule has 0 N–H and O–H groups in total. The van der Waals surface area contributed by atoms with Gasteiger partial charge in [-0.1, -0.05) is 147 Å². The maximum atomic E-state index is 5.21. The van der Waals surface area contributed by atoms with Crippen LogP contribution in [0.1, 0.15) is 25.1 Å². The molecule has 0 saturated carbocycles. The molecule has 3 nitrogen and oxygen atoms in total. The summed E-state index contributed by atoms with van der Waals surface area (Å²) in [6, 6.07) is 57.6. The second-order valence-corrected chi connectivity index (χ2v) is 12.2. The van der Waals surface area contributed by atoms with Crippen molar-refractivity contribution >= 4 is 27.5 Å². The van der Waals surface area contributed by atoms with Gasteiger partial charge in [0.05, 0.1) is 28.3 Å². The van der Waals surface area contributed by atoms with Gasteiger partial charge in [0, 0.05) is 27.6 Å². The van der Waals surface area contributed by atoms with Crippen LogP contribution in [0.2, 0.25) is 0 Å². The molecule has 1 atom stereocenters. The van der Waals surface area contributed by atoms with Crippen LogP contribution in [0.3, 0.4) is 0 Å². The lowest BCUT2D eigenvalue weighted by molar-refractivity contribution is 0.734. The first kappa shape index (κ1) is 29.3. The standard InChI is InChI=1S/C45H35N3/c1-3-38(45-46-41(34-20-12-6-13-21-34)30-42(47-45)35-22-14-7-15-23-35)31(2)48-43-26-24-36(32-16-8-4-9-17-32)28-39(43)40-29-37(25-27-44(40)48)33-18-10-5-11-19-33/h4-30,38H,2-3H2,1H3. The summed E-state index contributed by atoms with van der Waals surface area (Å²) in [6.45, 7) is 6.99. The van der Waals surface area contributed by atoms with Gasteiger partial charge >= 0.3 is 0 Å². The molecule has 0 aliphatic heterocycles. The van der Waals surface area contributed by atoms with Crippen molar-refractivity contribution in [2.45, 2.75) is 19.3 Å². The topological polar surface area (TPSA) is 30.7 Å². The second kappa shape index (κ2) is 12.6. The van der Waals surface area contributed by atoms with E-state index in [9.17, 15) is 0 Å². The Labute approximate surface area is 281 Å². The van der Waals surface area contributed by atoms with Crippen LogP contribution in [-0.4, -0.2) is 14.5 Å². The van der Waals surface area contributed by atoms with Crippen molar-refractivity contribution in [1.82, 2.24) is 14.5 Å². The molecule has 2 aromatic heterocycles. The lowest BCUT2D eigenvalue weighted by Gasteiger charge is -2.21. The van der Waals surface area contributed by atoms with Crippen LogP contribution < -0.4 is 0 Å². The van der Waals surface area contributed by atoms with Crippen molar-refractivity contribution in [1.29, 1.82) is 0 Å². The molecule has 0 saturated heterocycles. The van der Waals surface area contributed by atoms with E-state index in [1.807, 2.05) is 12.1 Å². The Morgan fingerprint density at radius 2 is 0.896 bits per heavy atom. The SMILES string of the molecule is C=C(C(CC)c1nc(-c2ccccc2)cc(-c2ccccc2)n1)n1c2ccc(-c3ccccc3)cc2c2cc(-c3ccccc3)ccc21. The van der Waals surface area contributed by atoms with Crippen LogP contribution in [-0.2, 0) is 0 Å². The molecule has 8 rings (SSSR count). The molecule has 0 aliphatic rings. The number of fused-ring (bicyclic) bond motifs is 3. The molecule has 2 heterocycles. The Morgan fingerprint density at radius 3 is 1.29 bits per heavy atom. The Bertz CT molecular complexity index is 2220. The average Bonchev–Trinajstić information content (AvgIpc) is 3.49. The summed E-state index contributed by atoms with van der Waals surface area (Å²) >= 11 is 0. The summed E-state index contributed by atoms with van der Waals surface area (Å²) in [5.74, 6) is 0.664. The van der Waals surface area contributed by atoms with E-state index in [2.05, 4.69) is 163 Å². The average molecular weight is 618 g/mol. The van der Waals surface area contributed by atoms with Crippen molar-refractivity contribution in [3.05, 3.63) is 176 Å². The summed E-state index contributed by atoms with van der Waals surface area (Å²) in [7, 11) is 0. The van der Waals surface area contributed by atoms with E-state index in [1.54, 1.807) is 0 Å². The van der Waals surface area contributed by atoms with Crippen molar-refractivity contribution in [2.24, 2.45) is 0 Å². The van der Waals surface area contributed by atoms with E-state index < -0.39 is 0 Å². The molecule has 3 heteroatoms. The van der Waals surface area contributed by atoms with Crippen molar-refractivity contribution in [3.8, 4) is 44.8 Å². The van der Waals surface area contributed by atoms with Gasteiger partial charge in [0.2, 0.25) is 0 Å². The predicted molar refractivity (Wildman–Crippen MR) is 202 cm³/mol. The molecule has 0 bridgehead atoms. The van der Waals surface area contributed by atoms with Gasteiger partial charge < -0.3 is 4.57 Å². The largest absolute Gasteiger partial charge is 0.313 e. The van der Waals surface area contributed by atoms with E-state index in [0.717, 1.165) is 51.5 Å². The summed E-state index contributed by atoms with van der Waals surface area (Å²) in [5.41, 5.74) is 11.9. The van der Waals surface area contributed by atoms with E-state index in [1.165, 1.54) is 33.0 Å². The van der Waals surface area contributed by atoms with Crippen molar-refractivity contribution in [2.75, 3.05) is 0 Å². The first-order chi connectivity index (χ1) is 23.7. The highest BCUT2D eigenvalue weighted by Crippen LogP contribution is 2.40. The van der Waals surface area contributed by atoms with E-state index in [4.69, 9.17) is 16.5 Å². The van der Waals surface area contributed by atoms with Gasteiger partial charge in [-0.05, 0) is 59.0 Å². The molecule has 8 aromatic rings. The van der Waals surface area contributed by atoms with Gasteiger partial charge in [-0.25, -0.2) is 9.97 Å². The first-order valence-electron chi connectivity index (χ1n) is 16.6. The molecular formula is C45H35N3.